The molecule has 0 aliphatic carbocycles. The van der Waals surface area contributed by atoms with Crippen LogP contribution >= 0.6 is 0 Å². The van der Waals surface area contributed by atoms with Gasteiger partial charge in [-0.15, -0.1) is 0 Å². The molecule has 0 aliphatic rings. The van der Waals surface area contributed by atoms with Crippen molar-refractivity contribution in [2.24, 2.45) is 5.73 Å². The third-order valence-electron chi connectivity index (χ3n) is 2.97. The lowest BCUT2D eigenvalue weighted by molar-refractivity contribution is 0.506. The number of hydrogen-bond donors (Lipinski definition) is 1. The molecule has 6 heteroatoms. The van der Waals surface area contributed by atoms with E-state index in [9.17, 15) is 17.2 Å². The Bertz CT molecular complexity index is 727. The molecule has 0 amide bonds. The third kappa shape index (κ3) is 3.02. The molecule has 0 spiro atoms. The smallest absolute Gasteiger partial charge is 0.175 e. The maximum Gasteiger partial charge on any atom is 0.175 e. The van der Waals surface area contributed by atoms with E-state index < -0.39 is 27.5 Å². The quantitative estimate of drug-likeness (QED) is 0.946. The van der Waals surface area contributed by atoms with Crippen LogP contribution in [0.2, 0.25) is 0 Å². The Kier molecular flexibility index (Phi) is 3.87. The minimum absolute atomic E-state index is 0.179. The second-order valence-corrected chi connectivity index (χ2v) is 6.51. The van der Waals surface area contributed by atoms with Crippen molar-refractivity contribution in [3.05, 3.63) is 65.2 Å². The summed E-state index contributed by atoms with van der Waals surface area (Å²) in [7, 11) is -3.27. The van der Waals surface area contributed by atoms with E-state index in [4.69, 9.17) is 5.73 Å². The summed E-state index contributed by atoms with van der Waals surface area (Å²) in [6.07, 6.45) is 1.11. The number of sulfone groups is 1. The molecule has 20 heavy (non-hydrogen) atoms. The van der Waals surface area contributed by atoms with E-state index in [1.54, 1.807) is 12.1 Å². The molecule has 0 radical (unpaired) electrons. The fraction of sp³-hybridized carbons (Fsp3) is 0.143. The Morgan fingerprint density at radius 3 is 2.00 bits per heavy atom. The highest BCUT2D eigenvalue weighted by molar-refractivity contribution is 7.90. The van der Waals surface area contributed by atoms with Crippen LogP contribution in [-0.4, -0.2) is 14.7 Å². The number of rotatable bonds is 3. The molecule has 0 saturated heterocycles. The van der Waals surface area contributed by atoms with Crippen molar-refractivity contribution in [1.82, 2.24) is 0 Å². The van der Waals surface area contributed by atoms with Crippen molar-refractivity contribution in [2.45, 2.75) is 10.9 Å². The van der Waals surface area contributed by atoms with Crippen molar-refractivity contribution < 1.29 is 17.2 Å². The van der Waals surface area contributed by atoms with E-state index in [1.807, 2.05) is 0 Å². The first-order chi connectivity index (χ1) is 9.29. The van der Waals surface area contributed by atoms with Crippen molar-refractivity contribution in [1.29, 1.82) is 0 Å². The average Bonchev–Trinajstić information content (AvgIpc) is 2.40. The molecule has 2 aromatic rings. The maximum absolute atomic E-state index is 13.2. The summed E-state index contributed by atoms with van der Waals surface area (Å²) in [5, 5.41) is 0. The number of halogens is 2. The lowest BCUT2D eigenvalue weighted by atomic mass is 9.99. The van der Waals surface area contributed by atoms with Crippen LogP contribution in [0.3, 0.4) is 0 Å². The highest BCUT2D eigenvalue weighted by atomic mass is 32.2. The van der Waals surface area contributed by atoms with Crippen LogP contribution in [-0.2, 0) is 9.84 Å². The van der Waals surface area contributed by atoms with E-state index in [2.05, 4.69) is 0 Å². The Labute approximate surface area is 116 Å². The molecule has 0 fully saturated rings. The SMILES string of the molecule is CS(=O)(=O)c1ccc(C(N)c2ccc(F)c(F)c2)cc1. The van der Waals surface area contributed by atoms with E-state index >= 15 is 0 Å². The van der Waals surface area contributed by atoms with Gasteiger partial charge in [-0.3, -0.25) is 0 Å². The van der Waals surface area contributed by atoms with Gasteiger partial charge in [0.25, 0.3) is 0 Å². The molecule has 2 aromatic carbocycles. The normalized spacial score (nSPS) is 13.2. The van der Waals surface area contributed by atoms with Crippen molar-refractivity contribution in [3.63, 3.8) is 0 Å². The van der Waals surface area contributed by atoms with Crippen LogP contribution in [0.4, 0.5) is 8.78 Å². The minimum atomic E-state index is -3.27. The van der Waals surface area contributed by atoms with Crippen LogP contribution in [0, 0.1) is 11.6 Å². The Balaban J connectivity index is 2.33. The number of nitrogens with two attached hydrogens (primary N) is 1. The van der Waals surface area contributed by atoms with Crippen LogP contribution < -0.4 is 5.73 Å². The molecule has 1 atom stereocenters. The van der Waals surface area contributed by atoms with Gasteiger partial charge in [0.2, 0.25) is 0 Å². The van der Waals surface area contributed by atoms with Crippen LogP contribution in [0.15, 0.2) is 47.4 Å². The largest absolute Gasteiger partial charge is 0.320 e. The zero-order valence-electron chi connectivity index (χ0n) is 10.7. The van der Waals surface area contributed by atoms with Crippen LogP contribution in [0.1, 0.15) is 17.2 Å². The predicted molar refractivity (Wildman–Crippen MR) is 71.9 cm³/mol. The molecule has 2 rings (SSSR count). The molecule has 0 saturated carbocycles. The molecular weight excluding hydrogens is 284 g/mol. The summed E-state index contributed by atoms with van der Waals surface area (Å²) < 4.78 is 48.7. The van der Waals surface area contributed by atoms with E-state index in [-0.39, 0.29) is 4.90 Å². The molecule has 3 nitrogen and oxygen atoms in total. The van der Waals surface area contributed by atoms with Gasteiger partial charge in [0.1, 0.15) is 0 Å². The second-order valence-electron chi connectivity index (χ2n) is 4.49. The van der Waals surface area contributed by atoms with Gasteiger partial charge in [0.15, 0.2) is 21.5 Å². The second kappa shape index (κ2) is 5.30. The van der Waals surface area contributed by atoms with E-state index in [0.29, 0.717) is 11.1 Å². The standard InChI is InChI=1S/C14H13F2NO2S/c1-20(18,19)11-5-2-9(3-6-11)14(17)10-4-7-12(15)13(16)8-10/h2-8,14H,17H2,1H3. The lowest BCUT2D eigenvalue weighted by Crippen LogP contribution is -2.12. The summed E-state index contributed by atoms with van der Waals surface area (Å²) >= 11 is 0. The number of benzene rings is 2. The first-order valence-electron chi connectivity index (χ1n) is 5.79. The molecule has 0 heterocycles. The molecule has 106 valence electrons. The summed E-state index contributed by atoms with van der Waals surface area (Å²) in [5.74, 6) is -1.90. The summed E-state index contributed by atoms with van der Waals surface area (Å²) in [6, 6.07) is 8.77. The van der Waals surface area contributed by atoms with Crippen molar-refractivity contribution in [2.75, 3.05) is 6.26 Å². The zero-order valence-corrected chi connectivity index (χ0v) is 11.5. The Hall–Kier alpha value is -1.79. The topological polar surface area (TPSA) is 60.2 Å². The lowest BCUT2D eigenvalue weighted by Gasteiger charge is -2.13. The van der Waals surface area contributed by atoms with Gasteiger partial charge in [0.05, 0.1) is 10.9 Å². The van der Waals surface area contributed by atoms with E-state index in [1.165, 1.54) is 18.2 Å². The average molecular weight is 297 g/mol. The minimum Gasteiger partial charge on any atom is -0.320 e. The Morgan fingerprint density at radius 2 is 1.50 bits per heavy atom. The fourth-order valence-corrected chi connectivity index (χ4v) is 2.45. The highest BCUT2D eigenvalue weighted by Crippen LogP contribution is 2.22. The first-order valence-corrected chi connectivity index (χ1v) is 7.69. The Morgan fingerprint density at radius 1 is 0.950 bits per heavy atom. The molecular formula is C14H13F2NO2S. The van der Waals surface area contributed by atoms with Gasteiger partial charge in [0, 0.05) is 6.26 Å². The molecule has 2 N–H and O–H groups in total. The molecule has 0 bridgehead atoms. The van der Waals surface area contributed by atoms with Gasteiger partial charge < -0.3 is 5.73 Å². The zero-order chi connectivity index (χ0) is 14.9. The van der Waals surface area contributed by atoms with Gasteiger partial charge in [-0.05, 0) is 35.4 Å². The van der Waals surface area contributed by atoms with Crippen LogP contribution in [0.25, 0.3) is 0 Å². The van der Waals surface area contributed by atoms with Gasteiger partial charge in [-0.1, -0.05) is 18.2 Å². The molecule has 0 aliphatic heterocycles. The molecule has 0 aromatic heterocycles. The fourth-order valence-electron chi connectivity index (χ4n) is 1.82. The number of hydrogen-bond acceptors (Lipinski definition) is 3. The van der Waals surface area contributed by atoms with Crippen molar-refractivity contribution in [3.8, 4) is 0 Å². The van der Waals surface area contributed by atoms with Gasteiger partial charge in [-0.25, -0.2) is 17.2 Å². The maximum atomic E-state index is 13.2. The monoisotopic (exact) mass is 297 g/mol. The highest BCUT2D eigenvalue weighted by Gasteiger charge is 2.13. The molecule has 1 unspecified atom stereocenters. The van der Waals surface area contributed by atoms with Gasteiger partial charge in [-0.2, -0.15) is 0 Å². The summed E-state index contributed by atoms with van der Waals surface area (Å²) in [4.78, 5) is 0.179. The van der Waals surface area contributed by atoms with Crippen molar-refractivity contribution >= 4 is 9.84 Å². The summed E-state index contributed by atoms with van der Waals surface area (Å²) in [5.41, 5.74) is 6.98. The summed E-state index contributed by atoms with van der Waals surface area (Å²) in [6.45, 7) is 0. The van der Waals surface area contributed by atoms with Crippen LogP contribution in [0.5, 0.6) is 0 Å². The third-order valence-corrected chi connectivity index (χ3v) is 4.10. The first kappa shape index (κ1) is 14.6. The van der Waals surface area contributed by atoms with Gasteiger partial charge >= 0.3 is 0 Å². The van der Waals surface area contributed by atoms with E-state index in [0.717, 1.165) is 18.4 Å². The predicted octanol–water partition coefficient (Wildman–Crippen LogP) is 2.42.